The molecule has 0 aromatic heterocycles. The molecular weight excluding hydrogens is 957 g/mol. The number of hydrogen-bond donors (Lipinski definition) is 2. The second-order valence-corrected chi connectivity index (χ2v) is 37.8. The number of aromatic carboxylic acids is 1. The topological polar surface area (TPSA) is 217 Å². The summed E-state index contributed by atoms with van der Waals surface area (Å²) in [6.45, 7) is 27.3. The smallest absolute Gasteiger partial charge is 0.339 e. The lowest BCUT2D eigenvalue weighted by atomic mass is 9.83. The van der Waals surface area contributed by atoms with Crippen molar-refractivity contribution in [1.29, 1.82) is 0 Å². The predicted molar refractivity (Wildman–Crippen MR) is 273 cm³/mol. The number of carbonyl (C=O) groups is 6. The van der Waals surface area contributed by atoms with E-state index in [1.54, 1.807) is 0 Å². The van der Waals surface area contributed by atoms with Gasteiger partial charge in [-0.15, -0.1) is 0 Å². The number of carboxylic acids is 2. The van der Waals surface area contributed by atoms with Crippen molar-refractivity contribution in [3.8, 4) is 0 Å². The molecule has 0 saturated heterocycles. The number of rotatable bonds is 33. The maximum absolute atomic E-state index is 12.5. The summed E-state index contributed by atoms with van der Waals surface area (Å²) in [6.07, 6.45) is 12.3. The Morgan fingerprint density at radius 3 is 1.51 bits per heavy atom. The monoisotopic (exact) mass is 1040 g/mol. The van der Waals surface area contributed by atoms with Gasteiger partial charge in [0.2, 0.25) is 0 Å². The van der Waals surface area contributed by atoms with Gasteiger partial charge >= 0.3 is 35.8 Å². The summed E-state index contributed by atoms with van der Waals surface area (Å²) in [5, 5.41) is 18.9. The number of carboxylic acid groups (broad SMARTS) is 2. The van der Waals surface area contributed by atoms with E-state index in [2.05, 4.69) is 72.8 Å². The van der Waals surface area contributed by atoms with Crippen LogP contribution in [-0.2, 0) is 51.0 Å². The lowest BCUT2D eigenvalue weighted by Gasteiger charge is -2.34. The van der Waals surface area contributed by atoms with E-state index in [-0.39, 0.29) is 56.0 Å². The highest BCUT2D eigenvalue weighted by atomic mass is 28.4. The quantitative estimate of drug-likeness (QED) is 0.0167. The van der Waals surface area contributed by atoms with Crippen molar-refractivity contribution in [2.24, 2.45) is 23.7 Å². The minimum absolute atomic E-state index is 0.00170. The van der Waals surface area contributed by atoms with Crippen LogP contribution >= 0.6 is 0 Å². The lowest BCUT2D eigenvalue weighted by molar-refractivity contribution is -0.159. The van der Waals surface area contributed by atoms with E-state index in [1.807, 2.05) is 12.2 Å². The Hall–Kier alpha value is -3.77. The van der Waals surface area contributed by atoms with E-state index in [9.17, 15) is 39.0 Å². The third-order valence-electron chi connectivity index (χ3n) is 11.9. The number of hydrogen-bond acceptors (Lipinski definition) is 14. The summed E-state index contributed by atoms with van der Waals surface area (Å²) in [5.41, 5.74) is -0.668. The molecule has 1 fully saturated rings. The van der Waals surface area contributed by atoms with Crippen molar-refractivity contribution >= 4 is 69.1 Å². The molecule has 0 spiro atoms. The number of aliphatic carboxylic acids is 1. The van der Waals surface area contributed by atoms with E-state index in [0.717, 1.165) is 43.5 Å². The number of esters is 4. The van der Waals surface area contributed by atoms with Crippen LogP contribution in [0.1, 0.15) is 89.9 Å². The Kier molecular flexibility index (Phi) is 26.8. The summed E-state index contributed by atoms with van der Waals surface area (Å²) in [5.74, 6) is -6.27. The van der Waals surface area contributed by atoms with Gasteiger partial charge in [0, 0.05) is 19.3 Å². The third kappa shape index (κ3) is 23.3. The molecule has 1 aromatic rings. The van der Waals surface area contributed by atoms with E-state index >= 15 is 0 Å². The van der Waals surface area contributed by atoms with E-state index in [4.69, 9.17) is 36.7 Å². The molecule has 390 valence electrons. The molecule has 4 atom stereocenters. The Bertz CT molecular complexity index is 1870. The number of carbonyl (C=O) groups excluding carboxylic acids is 4. The largest absolute Gasteiger partial charge is 0.481 e. The first kappa shape index (κ1) is 61.3. The van der Waals surface area contributed by atoms with Crippen LogP contribution in [0.15, 0.2) is 43.0 Å². The molecule has 1 saturated carbocycles. The SMILES string of the molecule is C=CC(=O)OCCOC(=O)c1ccc(C(=O)OCCOCCC[Si](C)(C)O[Si](C)(C)CCCC)c(C(=O)O)c1.CCCC[Si](C)(C)O[Si](C)(C)CCCOCCOC(=O)C1C2C=CC(C2)C1C(=O)O. The fourth-order valence-corrected chi connectivity index (χ4v) is 26.8. The third-order valence-corrected chi connectivity index (χ3v) is 27.0. The molecule has 2 N–H and O–H groups in total. The summed E-state index contributed by atoms with van der Waals surface area (Å²) in [7, 11) is -6.68. The summed E-state index contributed by atoms with van der Waals surface area (Å²) in [4.78, 5) is 71.2. The van der Waals surface area contributed by atoms with Crippen LogP contribution in [0.5, 0.6) is 0 Å². The first-order valence-corrected chi connectivity index (χ1v) is 37.0. The summed E-state index contributed by atoms with van der Waals surface area (Å²) >= 11 is 0. The lowest BCUT2D eigenvalue weighted by Crippen LogP contribution is -2.44. The summed E-state index contributed by atoms with van der Waals surface area (Å²) in [6, 6.07) is 7.93. The van der Waals surface area contributed by atoms with Gasteiger partial charge in [0.25, 0.3) is 0 Å². The molecule has 20 heteroatoms. The second-order valence-electron chi connectivity index (χ2n) is 20.1. The van der Waals surface area contributed by atoms with Gasteiger partial charge in [0.15, 0.2) is 33.3 Å². The maximum Gasteiger partial charge on any atom is 0.339 e. The first-order chi connectivity index (χ1) is 32.4. The predicted octanol–water partition coefficient (Wildman–Crippen LogP) is 9.75. The van der Waals surface area contributed by atoms with Crippen LogP contribution in [0.4, 0.5) is 0 Å². The van der Waals surface area contributed by atoms with Crippen LogP contribution < -0.4 is 0 Å². The van der Waals surface area contributed by atoms with Crippen LogP contribution in [0.2, 0.25) is 76.6 Å². The highest BCUT2D eigenvalue weighted by molar-refractivity contribution is 6.85. The Labute approximate surface area is 414 Å². The Balaban J connectivity index is 0.000000489. The van der Waals surface area contributed by atoms with Crippen molar-refractivity contribution in [3.05, 3.63) is 59.7 Å². The van der Waals surface area contributed by atoms with E-state index < -0.39 is 86.5 Å². The van der Waals surface area contributed by atoms with Crippen molar-refractivity contribution in [2.45, 2.75) is 135 Å². The Morgan fingerprint density at radius 2 is 1.03 bits per heavy atom. The number of unbranched alkanes of at least 4 members (excludes halogenated alkanes) is 2. The number of fused-ring (bicyclic) bond motifs is 2. The summed E-state index contributed by atoms with van der Waals surface area (Å²) < 4.78 is 44.6. The zero-order chi connectivity index (χ0) is 51.8. The van der Waals surface area contributed by atoms with Gasteiger partial charge in [-0.25, -0.2) is 19.2 Å². The van der Waals surface area contributed by atoms with Gasteiger partial charge in [-0.05, 0) is 126 Å². The molecule has 0 aliphatic heterocycles. The normalized spacial score (nSPS) is 17.7. The number of benzene rings is 1. The fraction of sp³-hybridized carbons (Fsp3) is 0.673. The molecule has 1 aromatic carbocycles. The van der Waals surface area contributed by atoms with Gasteiger partial charge in [-0.2, -0.15) is 0 Å². The van der Waals surface area contributed by atoms with Crippen molar-refractivity contribution in [1.82, 2.24) is 0 Å². The molecule has 2 bridgehead atoms. The van der Waals surface area contributed by atoms with Crippen molar-refractivity contribution in [3.63, 3.8) is 0 Å². The van der Waals surface area contributed by atoms with Gasteiger partial charge in [-0.1, -0.05) is 58.3 Å². The van der Waals surface area contributed by atoms with Gasteiger partial charge in [-0.3, -0.25) is 9.59 Å². The average Bonchev–Trinajstić information content (AvgIpc) is 3.90. The van der Waals surface area contributed by atoms with E-state index in [0.29, 0.717) is 19.8 Å². The van der Waals surface area contributed by atoms with Crippen LogP contribution in [-0.4, -0.2) is 132 Å². The molecule has 2 aliphatic carbocycles. The highest BCUT2D eigenvalue weighted by Crippen LogP contribution is 2.48. The first-order valence-electron chi connectivity index (χ1n) is 24.5. The second kappa shape index (κ2) is 30.2. The number of ether oxygens (including phenoxy) is 6. The Morgan fingerprint density at radius 1 is 0.580 bits per heavy atom. The maximum atomic E-state index is 12.5. The molecule has 2 aliphatic rings. The molecular formula is C49H82O16Si4. The zero-order valence-corrected chi connectivity index (χ0v) is 47.0. The van der Waals surface area contributed by atoms with Crippen molar-refractivity contribution in [2.75, 3.05) is 52.9 Å². The highest BCUT2D eigenvalue weighted by Gasteiger charge is 2.52. The molecule has 69 heavy (non-hydrogen) atoms. The average molecular weight is 1040 g/mol. The number of allylic oxidation sites excluding steroid dienone is 2. The fourth-order valence-electron chi connectivity index (χ4n) is 8.80. The minimum atomic E-state index is -1.78. The molecule has 0 heterocycles. The van der Waals surface area contributed by atoms with Gasteiger partial charge < -0.3 is 46.9 Å². The molecule has 0 amide bonds. The minimum Gasteiger partial charge on any atom is -0.481 e. The van der Waals surface area contributed by atoms with Crippen LogP contribution in [0.25, 0.3) is 0 Å². The molecule has 16 nitrogen and oxygen atoms in total. The van der Waals surface area contributed by atoms with Gasteiger partial charge in [0.05, 0.1) is 41.7 Å². The van der Waals surface area contributed by atoms with Gasteiger partial charge in [0.1, 0.15) is 26.4 Å². The molecule has 4 unspecified atom stereocenters. The molecule has 3 rings (SSSR count). The van der Waals surface area contributed by atoms with E-state index in [1.165, 1.54) is 49.9 Å². The zero-order valence-electron chi connectivity index (χ0n) is 43.0. The standard InChI is InChI=1S/C27H42O10Si2.C22H40O6Si2/c1-7-9-18-38(3,4)37-39(5,6)19-10-13-33-14-15-36-27(32)22-12-11-21(20-23(22)25(29)30)26(31)35-17-16-34-24(28)8-2;1-6-7-14-29(2,3)28-30(4,5)15-8-11-26-12-13-27-22(25)20-18-10-9-17(16-18)19(20)21(23)24/h8,11-12,20H,2,7,9-10,13-19H2,1,3-6H3,(H,29,30);9-10,17-20H,6-8,11-16H2,1-5H3,(H,23,24). The molecule has 0 radical (unpaired) electrons. The van der Waals surface area contributed by atoms with Crippen molar-refractivity contribution < 1.29 is 75.6 Å². The van der Waals surface area contributed by atoms with Crippen LogP contribution in [0, 0.1) is 23.7 Å². The van der Waals surface area contributed by atoms with Crippen LogP contribution in [0.3, 0.4) is 0 Å².